The minimum absolute atomic E-state index is 0.555. The van der Waals surface area contributed by atoms with Crippen LogP contribution in [0.15, 0.2) is 22.7 Å². The average Bonchev–Trinajstić information content (AvgIpc) is 2.64. The van der Waals surface area contributed by atoms with Crippen molar-refractivity contribution in [2.45, 2.75) is 26.3 Å². The molecule has 0 amide bonds. The summed E-state index contributed by atoms with van der Waals surface area (Å²) in [5.74, 6) is 0.639. The second-order valence-corrected chi connectivity index (χ2v) is 5.51. The fraction of sp³-hybridized carbons (Fsp3) is 0.538. The number of rotatable bonds is 2. The van der Waals surface area contributed by atoms with Crippen LogP contribution in [0.4, 0.5) is 5.69 Å². The summed E-state index contributed by atoms with van der Waals surface area (Å²) in [4.78, 5) is 2.46. The second kappa shape index (κ2) is 4.76. The lowest BCUT2D eigenvalue weighted by Gasteiger charge is -2.26. The lowest BCUT2D eigenvalue weighted by Crippen LogP contribution is -2.32. The monoisotopic (exact) mass is 282 g/mol. The molecule has 2 N–H and O–H groups in total. The minimum Gasteiger partial charge on any atom is -0.368 e. The molecule has 2 nitrogen and oxygen atoms in total. The molecule has 2 rings (SSSR count). The van der Waals surface area contributed by atoms with Crippen molar-refractivity contribution in [3.8, 4) is 0 Å². The molecular formula is C13H19BrN2. The van der Waals surface area contributed by atoms with Crippen molar-refractivity contribution in [2.24, 2.45) is 11.7 Å². The van der Waals surface area contributed by atoms with Crippen LogP contribution in [-0.2, 0) is 0 Å². The Hall–Kier alpha value is -0.540. The van der Waals surface area contributed by atoms with E-state index in [9.17, 15) is 0 Å². The van der Waals surface area contributed by atoms with Gasteiger partial charge < -0.3 is 10.6 Å². The smallest absolute Gasteiger partial charge is 0.0380 e. The molecule has 2 atom stereocenters. The van der Waals surface area contributed by atoms with E-state index in [2.05, 4.69) is 52.9 Å². The molecular weight excluding hydrogens is 264 g/mol. The summed E-state index contributed by atoms with van der Waals surface area (Å²) in [5, 5.41) is 0. The van der Waals surface area contributed by atoms with E-state index in [4.69, 9.17) is 5.73 Å². The largest absolute Gasteiger partial charge is 0.368 e. The third-order valence-electron chi connectivity index (χ3n) is 3.70. The first-order chi connectivity index (χ1) is 7.63. The number of hydrogen-bond acceptors (Lipinski definition) is 2. The van der Waals surface area contributed by atoms with Crippen LogP contribution in [0.25, 0.3) is 0 Å². The van der Waals surface area contributed by atoms with Crippen LogP contribution in [0.3, 0.4) is 0 Å². The predicted molar refractivity (Wildman–Crippen MR) is 72.8 cm³/mol. The minimum atomic E-state index is 0.555. The van der Waals surface area contributed by atoms with Crippen LogP contribution < -0.4 is 10.6 Å². The van der Waals surface area contributed by atoms with Crippen LogP contribution in [0.5, 0.6) is 0 Å². The Labute approximate surface area is 106 Å². The molecule has 1 aliphatic heterocycles. The molecule has 3 heteroatoms. The number of nitrogens with two attached hydrogens (primary N) is 1. The Balaban J connectivity index is 2.22. The Morgan fingerprint density at radius 3 is 2.81 bits per heavy atom. The highest BCUT2D eigenvalue weighted by Gasteiger charge is 2.29. The van der Waals surface area contributed by atoms with Gasteiger partial charge in [0, 0.05) is 22.7 Å². The zero-order valence-corrected chi connectivity index (χ0v) is 11.5. The number of aryl methyl sites for hydroxylation is 1. The van der Waals surface area contributed by atoms with E-state index >= 15 is 0 Å². The Bertz CT molecular complexity index is 378. The first-order valence-electron chi connectivity index (χ1n) is 5.86. The summed E-state index contributed by atoms with van der Waals surface area (Å²) < 4.78 is 1.19. The van der Waals surface area contributed by atoms with Crippen molar-refractivity contribution in [3.63, 3.8) is 0 Å². The molecule has 0 saturated carbocycles. The topological polar surface area (TPSA) is 29.3 Å². The fourth-order valence-corrected chi connectivity index (χ4v) is 2.81. The summed E-state index contributed by atoms with van der Waals surface area (Å²) in [6.45, 7) is 6.31. The molecule has 0 aliphatic carbocycles. The van der Waals surface area contributed by atoms with Gasteiger partial charge >= 0.3 is 0 Å². The van der Waals surface area contributed by atoms with Gasteiger partial charge in [0.15, 0.2) is 0 Å². The molecule has 0 radical (unpaired) electrons. The van der Waals surface area contributed by atoms with Crippen molar-refractivity contribution in [1.29, 1.82) is 0 Å². The third kappa shape index (κ3) is 2.11. The fourth-order valence-electron chi connectivity index (χ4n) is 2.44. The Kier molecular flexibility index (Phi) is 3.55. The lowest BCUT2D eigenvalue weighted by atomic mass is 10.0. The van der Waals surface area contributed by atoms with Crippen molar-refractivity contribution in [1.82, 2.24) is 0 Å². The van der Waals surface area contributed by atoms with Gasteiger partial charge in [-0.2, -0.15) is 0 Å². The predicted octanol–water partition coefficient (Wildman–Crippen LogP) is 2.93. The van der Waals surface area contributed by atoms with Crippen LogP contribution in [0, 0.1) is 12.8 Å². The molecule has 1 aliphatic rings. The Morgan fingerprint density at radius 2 is 2.25 bits per heavy atom. The van der Waals surface area contributed by atoms with Crippen LogP contribution in [0.1, 0.15) is 18.9 Å². The molecule has 0 aromatic heterocycles. The quantitative estimate of drug-likeness (QED) is 0.904. The van der Waals surface area contributed by atoms with E-state index in [0.29, 0.717) is 12.0 Å². The standard InChI is InChI=1S/C13H19BrN2/c1-9-3-4-12(7-13(9)14)16-6-5-11(8-15)10(16)2/h3-4,7,10-11H,5-6,8,15H2,1-2H3. The zero-order chi connectivity index (χ0) is 11.7. The SMILES string of the molecule is Cc1ccc(N2CCC(CN)C2C)cc1Br. The maximum absolute atomic E-state index is 5.78. The van der Waals surface area contributed by atoms with Gasteiger partial charge in [-0.05, 0) is 50.4 Å². The molecule has 1 aromatic rings. The van der Waals surface area contributed by atoms with Gasteiger partial charge in [-0.1, -0.05) is 22.0 Å². The number of benzene rings is 1. The van der Waals surface area contributed by atoms with E-state index < -0.39 is 0 Å². The zero-order valence-electron chi connectivity index (χ0n) is 9.91. The van der Waals surface area contributed by atoms with Gasteiger partial charge in [0.2, 0.25) is 0 Å². The van der Waals surface area contributed by atoms with E-state index in [-0.39, 0.29) is 0 Å². The normalized spacial score (nSPS) is 25.1. The van der Waals surface area contributed by atoms with E-state index in [1.54, 1.807) is 0 Å². The highest BCUT2D eigenvalue weighted by Crippen LogP contribution is 2.31. The summed E-state index contributed by atoms with van der Waals surface area (Å²) in [7, 11) is 0. The summed E-state index contributed by atoms with van der Waals surface area (Å²) in [6.07, 6.45) is 1.21. The van der Waals surface area contributed by atoms with Gasteiger partial charge in [-0.3, -0.25) is 0 Å². The van der Waals surface area contributed by atoms with Gasteiger partial charge in [0.05, 0.1) is 0 Å². The molecule has 88 valence electrons. The number of halogens is 1. The lowest BCUT2D eigenvalue weighted by molar-refractivity contribution is 0.508. The van der Waals surface area contributed by atoms with Crippen LogP contribution >= 0.6 is 15.9 Å². The molecule has 1 fully saturated rings. The van der Waals surface area contributed by atoms with Crippen LogP contribution in [-0.4, -0.2) is 19.1 Å². The molecule has 16 heavy (non-hydrogen) atoms. The first-order valence-corrected chi connectivity index (χ1v) is 6.65. The second-order valence-electron chi connectivity index (χ2n) is 4.65. The molecule has 1 aromatic carbocycles. The number of anilines is 1. The summed E-state index contributed by atoms with van der Waals surface area (Å²) in [5.41, 5.74) is 8.37. The van der Waals surface area contributed by atoms with Crippen molar-refractivity contribution >= 4 is 21.6 Å². The number of nitrogens with zero attached hydrogens (tertiary/aromatic N) is 1. The maximum Gasteiger partial charge on any atom is 0.0380 e. The van der Waals surface area contributed by atoms with Gasteiger partial charge in [0.1, 0.15) is 0 Å². The summed E-state index contributed by atoms with van der Waals surface area (Å²) in [6, 6.07) is 7.14. The number of hydrogen-bond donors (Lipinski definition) is 1. The van der Waals surface area contributed by atoms with Crippen LogP contribution in [0.2, 0.25) is 0 Å². The Morgan fingerprint density at radius 1 is 1.50 bits per heavy atom. The van der Waals surface area contributed by atoms with Gasteiger partial charge in [0.25, 0.3) is 0 Å². The first kappa shape index (κ1) is 11.9. The van der Waals surface area contributed by atoms with Gasteiger partial charge in [-0.15, -0.1) is 0 Å². The van der Waals surface area contributed by atoms with E-state index in [0.717, 1.165) is 13.1 Å². The maximum atomic E-state index is 5.78. The molecule has 0 bridgehead atoms. The van der Waals surface area contributed by atoms with Crippen molar-refractivity contribution in [3.05, 3.63) is 28.2 Å². The van der Waals surface area contributed by atoms with Gasteiger partial charge in [-0.25, -0.2) is 0 Å². The van der Waals surface area contributed by atoms with Crippen molar-refractivity contribution < 1.29 is 0 Å². The van der Waals surface area contributed by atoms with E-state index in [1.807, 2.05) is 0 Å². The average molecular weight is 283 g/mol. The molecule has 2 unspecified atom stereocenters. The highest BCUT2D eigenvalue weighted by molar-refractivity contribution is 9.10. The molecule has 0 spiro atoms. The highest BCUT2D eigenvalue weighted by atomic mass is 79.9. The molecule has 1 saturated heterocycles. The summed E-state index contributed by atoms with van der Waals surface area (Å²) >= 11 is 3.59. The third-order valence-corrected chi connectivity index (χ3v) is 4.56. The van der Waals surface area contributed by atoms with E-state index in [1.165, 1.54) is 22.1 Å². The molecule has 1 heterocycles. The van der Waals surface area contributed by atoms with Crippen molar-refractivity contribution in [2.75, 3.05) is 18.0 Å².